The van der Waals surface area contributed by atoms with Crippen LogP contribution in [0.3, 0.4) is 0 Å². The van der Waals surface area contributed by atoms with Crippen LogP contribution >= 0.6 is 0 Å². The van der Waals surface area contributed by atoms with Crippen LogP contribution in [0, 0.1) is 0 Å². The number of nitrogens with one attached hydrogen (secondary N) is 1. The summed E-state index contributed by atoms with van der Waals surface area (Å²) in [5.74, 6) is 0.0285. The number of amides is 1. The summed E-state index contributed by atoms with van der Waals surface area (Å²) in [5, 5.41) is 6.94. The summed E-state index contributed by atoms with van der Waals surface area (Å²) in [6.07, 6.45) is 4.72. The number of aryl methyl sites for hydroxylation is 1. The van der Waals surface area contributed by atoms with Crippen molar-refractivity contribution in [3.8, 4) is 0 Å². The van der Waals surface area contributed by atoms with Crippen molar-refractivity contribution in [1.29, 1.82) is 0 Å². The number of hydrogen-bond acceptors (Lipinski definition) is 3. The molecule has 1 unspecified atom stereocenters. The minimum atomic E-state index is -0.0392. The Balaban J connectivity index is 1.64. The van der Waals surface area contributed by atoms with Gasteiger partial charge in [0.1, 0.15) is 0 Å². The van der Waals surface area contributed by atoms with E-state index in [-0.39, 0.29) is 11.9 Å². The number of aromatic nitrogens is 2. The minimum Gasteiger partial charge on any atom is -0.356 e. The molecule has 0 fully saturated rings. The Morgan fingerprint density at radius 2 is 2.10 bits per heavy atom. The first kappa shape index (κ1) is 14.3. The number of hydrogen-bond donors (Lipinski definition) is 2. The Hall–Kier alpha value is -2.14. The number of nitrogens with zero attached hydrogens (tertiary/aromatic N) is 2. The molecule has 1 amide bonds. The molecule has 0 saturated heterocycles. The van der Waals surface area contributed by atoms with Gasteiger partial charge >= 0.3 is 0 Å². The molecule has 5 heteroatoms. The Morgan fingerprint density at radius 1 is 1.30 bits per heavy atom. The van der Waals surface area contributed by atoms with Crippen molar-refractivity contribution in [1.82, 2.24) is 15.1 Å². The van der Waals surface area contributed by atoms with E-state index in [0.717, 1.165) is 12.0 Å². The van der Waals surface area contributed by atoms with Crippen molar-refractivity contribution in [2.45, 2.75) is 25.4 Å². The van der Waals surface area contributed by atoms with E-state index in [4.69, 9.17) is 5.73 Å². The zero-order chi connectivity index (χ0) is 14.2. The van der Waals surface area contributed by atoms with Crippen LogP contribution in [0.2, 0.25) is 0 Å². The van der Waals surface area contributed by atoms with Crippen molar-refractivity contribution in [2.24, 2.45) is 5.73 Å². The molecule has 1 aromatic carbocycles. The van der Waals surface area contributed by atoms with E-state index in [0.29, 0.717) is 19.5 Å². The molecule has 0 radical (unpaired) electrons. The van der Waals surface area contributed by atoms with Gasteiger partial charge in [-0.2, -0.15) is 5.10 Å². The highest BCUT2D eigenvalue weighted by molar-refractivity contribution is 5.75. The Kier molecular flexibility index (Phi) is 5.32. The predicted molar refractivity (Wildman–Crippen MR) is 77.8 cm³/mol. The summed E-state index contributed by atoms with van der Waals surface area (Å²) < 4.78 is 1.75. The van der Waals surface area contributed by atoms with Crippen molar-refractivity contribution in [3.05, 3.63) is 54.4 Å². The molecule has 20 heavy (non-hydrogen) atoms. The first-order valence-corrected chi connectivity index (χ1v) is 6.80. The molecule has 106 valence electrons. The molecule has 0 aliphatic carbocycles. The second-order valence-electron chi connectivity index (χ2n) is 4.67. The number of rotatable bonds is 7. The van der Waals surface area contributed by atoms with Gasteiger partial charge in [0, 0.05) is 37.9 Å². The number of benzene rings is 1. The maximum Gasteiger partial charge on any atom is 0.221 e. The van der Waals surface area contributed by atoms with Gasteiger partial charge in [0.2, 0.25) is 5.91 Å². The predicted octanol–water partition coefficient (Wildman–Crippen LogP) is 1.48. The first-order valence-electron chi connectivity index (χ1n) is 6.80. The number of carbonyl (C=O) groups excluding carboxylic acids is 1. The second-order valence-corrected chi connectivity index (χ2v) is 4.67. The zero-order valence-corrected chi connectivity index (χ0v) is 11.4. The molecule has 0 aliphatic rings. The van der Waals surface area contributed by atoms with Crippen molar-refractivity contribution < 1.29 is 4.79 Å². The summed E-state index contributed by atoms with van der Waals surface area (Å²) in [6, 6.07) is 11.7. The molecule has 5 nitrogen and oxygen atoms in total. The normalized spacial score (nSPS) is 12.1. The van der Waals surface area contributed by atoms with E-state index in [1.165, 1.54) is 0 Å². The van der Waals surface area contributed by atoms with Gasteiger partial charge in [0.05, 0.1) is 0 Å². The summed E-state index contributed by atoms with van der Waals surface area (Å²) >= 11 is 0. The van der Waals surface area contributed by atoms with E-state index < -0.39 is 0 Å². The standard InChI is InChI=1S/C15H20N4O/c16-14(13-5-2-1-3-6-13)7-10-17-15(20)8-12-19-11-4-9-18-19/h1-6,9,11,14H,7-8,10,12,16H2,(H,17,20). The molecule has 1 atom stereocenters. The minimum absolute atomic E-state index is 0.0285. The van der Waals surface area contributed by atoms with Crippen molar-refractivity contribution in [2.75, 3.05) is 6.54 Å². The van der Waals surface area contributed by atoms with Crippen LogP contribution in [0.15, 0.2) is 48.8 Å². The van der Waals surface area contributed by atoms with Crippen LogP contribution in [0.4, 0.5) is 0 Å². The third kappa shape index (κ3) is 4.51. The fourth-order valence-corrected chi connectivity index (χ4v) is 1.97. The van der Waals surface area contributed by atoms with Crippen LogP contribution in [-0.2, 0) is 11.3 Å². The second kappa shape index (κ2) is 7.45. The molecular formula is C15H20N4O. The maximum atomic E-state index is 11.7. The molecular weight excluding hydrogens is 252 g/mol. The van der Waals surface area contributed by atoms with Crippen LogP contribution < -0.4 is 11.1 Å². The van der Waals surface area contributed by atoms with Gasteiger partial charge < -0.3 is 11.1 Å². The van der Waals surface area contributed by atoms with Crippen molar-refractivity contribution >= 4 is 5.91 Å². The Morgan fingerprint density at radius 3 is 2.80 bits per heavy atom. The molecule has 3 N–H and O–H groups in total. The molecule has 2 rings (SSSR count). The summed E-state index contributed by atoms with van der Waals surface area (Å²) in [5.41, 5.74) is 7.16. The quantitative estimate of drug-likeness (QED) is 0.802. The number of nitrogens with two attached hydrogens (primary N) is 1. The summed E-state index contributed by atoms with van der Waals surface area (Å²) in [4.78, 5) is 11.7. The summed E-state index contributed by atoms with van der Waals surface area (Å²) in [6.45, 7) is 1.19. The van der Waals surface area contributed by atoms with Gasteiger partial charge in [-0.25, -0.2) is 0 Å². The van der Waals surface area contributed by atoms with Gasteiger partial charge in [0.25, 0.3) is 0 Å². The van der Waals surface area contributed by atoms with Crippen LogP contribution in [0.25, 0.3) is 0 Å². The third-order valence-corrected chi connectivity index (χ3v) is 3.13. The fourth-order valence-electron chi connectivity index (χ4n) is 1.97. The van der Waals surface area contributed by atoms with E-state index in [1.54, 1.807) is 10.9 Å². The molecule has 0 saturated carbocycles. The third-order valence-electron chi connectivity index (χ3n) is 3.13. The van der Waals surface area contributed by atoms with Gasteiger partial charge in [-0.1, -0.05) is 30.3 Å². The Bertz CT molecular complexity index is 510. The van der Waals surface area contributed by atoms with Gasteiger partial charge in [-0.3, -0.25) is 9.48 Å². The lowest BCUT2D eigenvalue weighted by Gasteiger charge is -2.12. The van der Waals surface area contributed by atoms with E-state index in [1.807, 2.05) is 42.6 Å². The lowest BCUT2D eigenvalue weighted by molar-refractivity contribution is -0.121. The molecule has 1 aromatic heterocycles. The average Bonchev–Trinajstić information content (AvgIpc) is 2.99. The zero-order valence-electron chi connectivity index (χ0n) is 11.4. The molecule has 0 aliphatic heterocycles. The lowest BCUT2D eigenvalue weighted by Crippen LogP contribution is -2.28. The first-order chi connectivity index (χ1) is 9.75. The van der Waals surface area contributed by atoms with E-state index in [2.05, 4.69) is 10.4 Å². The van der Waals surface area contributed by atoms with E-state index >= 15 is 0 Å². The molecule has 2 aromatic rings. The molecule has 1 heterocycles. The molecule has 0 spiro atoms. The monoisotopic (exact) mass is 272 g/mol. The van der Waals surface area contributed by atoms with Crippen molar-refractivity contribution in [3.63, 3.8) is 0 Å². The number of carbonyl (C=O) groups is 1. The maximum absolute atomic E-state index is 11.7. The van der Waals surface area contributed by atoms with Gasteiger partial charge in [0.15, 0.2) is 0 Å². The lowest BCUT2D eigenvalue weighted by atomic mass is 10.1. The topological polar surface area (TPSA) is 72.9 Å². The highest BCUT2D eigenvalue weighted by Gasteiger charge is 2.06. The Labute approximate surface area is 118 Å². The SMILES string of the molecule is NC(CCNC(=O)CCn1cccn1)c1ccccc1. The molecule has 0 bridgehead atoms. The largest absolute Gasteiger partial charge is 0.356 e. The average molecular weight is 272 g/mol. The highest BCUT2D eigenvalue weighted by Crippen LogP contribution is 2.12. The van der Waals surface area contributed by atoms with E-state index in [9.17, 15) is 4.79 Å². The summed E-state index contributed by atoms with van der Waals surface area (Å²) in [7, 11) is 0. The highest BCUT2D eigenvalue weighted by atomic mass is 16.1. The van der Waals surface area contributed by atoms with Crippen LogP contribution in [0.1, 0.15) is 24.4 Å². The van der Waals surface area contributed by atoms with Crippen LogP contribution in [0.5, 0.6) is 0 Å². The van der Waals surface area contributed by atoms with Gasteiger partial charge in [-0.05, 0) is 18.1 Å². The fraction of sp³-hybridized carbons (Fsp3) is 0.333. The smallest absolute Gasteiger partial charge is 0.221 e. The van der Waals surface area contributed by atoms with Gasteiger partial charge in [-0.15, -0.1) is 0 Å². The van der Waals surface area contributed by atoms with Crippen LogP contribution in [-0.4, -0.2) is 22.2 Å².